The molecule has 8 heteroatoms. The number of nitrogens with one attached hydrogen (secondary N) is 1. The van der Waals surface area contributed by atoms with Gasteiger partial charge in [0, 0.05) is 10.5 Å². The van der Waals surface area contributed by atoms with Gasteiger partial charge in [0.15, 0.2) is 0 Å². The zero-order chi connectivity index (χ0) is 14.9. The number of amides is 1. The van der Waals surface area contributed by atoms with Crippen LogP contribution >= 0.6 is 27.3 Å². The molecule has 0 saturated heterocycles. The summed E-state index contributed by atoms with van der Waals surface area (Å²) in [5.41, 5.74) is -1.11. The Morgan fingerprint density at radius 3 is 2.50 bits per heavy atom. The van der Waals surface area contributed by atoms with Crippen LogP contribution < -0.4 is 5.32 Å². The van der Waals surface area contributed by atoms with Gasteiger partial charge in [0.1, 0.15) is 16.5 Å². The number of thiophene rings is 1. The molecule has 0 fully saturated rings. The summed E-state index contributed by atoms with van der Waals surface area (Å²) in [5, 5.41) is 12.6. The summed E-state index contributed by atoms with van der Waals surface area (Å²) in [7, 11) is 0. The molecule has 0 spiro atoms. The van der Waals surface area contributed by atoms with Crippen molar-refractivity contribution in [2.75, 3.05) is 5.32 Å². The van der Waals surface area contributed by atoms with Crippen LogP contribution in [0.1, 0.15) is 20.0 Å². The molecule has 1 amide bonds. The Labute approximate surface area is 124 Å². The van der Waals surface area contributed by atoms with E-state index in [4.69, 9.17) is 5.11 Å². The molecule has 0 atom stereocenters. The first-order valence-corrected chi connectivity index (χ1v) is 6.84. The van der Waals surface area contributed by atoms with Crippen molar-refractivity contribution in [1.29, 1.82) is 0 Å². The van der Waals surface area contributed by atoms with E-state index in [0.29, 0.717) is 15.4 Å². The molecule has 2 aromatic rings. The van der Waals surface area contributed by atoms with Crippen LogP contribution in [0.15, 0.2) is 28.1 Å². The highest BCUT2D eigenvalue weighted by atomic mass is 79.9. The van der Waals surface area contributed by atoms with Crippen molar-refractivity contribution >= 4 is 44.8 Å². The number of aromatic carboxylic acids is 1. The van der Waals surface area contributed by atoms with Gasteiger partial charge in [0.05, 0.1) is 11.3 Å². The molecular weight excluding hydrogens is 356 g/mol. The molecule has 0 aliphatic rings. The fourth-order valence-electron chi connectivity index (χ4n) is 1.44. The minimum Gasteiger partial charge on any atom is -0.478 e. The third-order valence-corrected chi connectivity index (χ3v) is 4.20. The maximum Gasteiger partial charge on any atom is 0.338 e. The fourth-order valence-corrected chi connectivity index (χ4v) is 2.89. The van der Waals surface area contributed by atoms with Gasteiger partial charge in [-0.15, -0.1) is 11.3 Å². The van der Waals surface area contributed by atoms with Gasteiger partial charge in [-0.2, -0.15) is 0 Å². The number of carboxylic acid groups (broad SMARTS) is 1. The van der Waals surface area contributed by atoms with Crippen LogP contribution in [0.4, 0.5) is 14.5 Å². The summed E-state index contributed by atoms with van der Waals surface area (Å²) < 4.78 is 27.3. The fraction of sp³-hybridized carbons (Fsp3) is 0. The second-order valence-corrected chi connectivity index (χ2v) is 5.44. The molecule has 0 bridgehead atoms. The molecule has 0 unspecified atom stereocenters. The molecule has 1 heterocycles. The average molecular weight is 362 g/mol. The normalized spacial score (nSPS) is 10.3. The first kappa shape index (κ1) is 14.6. The predicted octanol–water partition coefficient (Wildman–Crippen LogP) is 3.74. The maximum absolute atomic E-state index is 13.5. The lowest BCUT2D eigenvalue weighted by Crippen LogP contribution is -2.13. The largest absolute Gasteiger partial charge is 0.478 e. The summed E-state index contributed by atoms with van der Waals surface area (Å²) in [6.07, 6.45) is 0. The van der Waals surface area contributed by atoms with Gasteiger partial charge in [0.2, 0.25) is 0 Å². The van der Waals surface area contributed by atoms with Gasteiger partial charge in [-0.05, 0) is 33.4 Å². The van der Waals surface area contributed by atoms with Crippen LogP contribution in [0.2, 0.25) is 0 Å². The summed E-state index contributed by atoms with van der Waals surface area (Å²) in [6.45, 7) is 0. The molecule has 2 N–H and O–H groups in total. The standard InChI is InChI=1S/C12H6BrF2NO3S/c13-6-1-2-20-10(6)11(17)16-9-3-5(12(18)19)7(14)4-8(9)15/h1-4H,(H,16,17)(H,18,19). The third kappa shape index (κ3) is 2.86. The van der Waals surface area contributed by atoms with E-state index in [1.165, 1.54) is 0 Å². The Balaban J connectivity index is 2.34. The lowest BCUT2D eigenvalue weighted by Gasteiger charge is -2.07. The van der Waals surface area contributed by atoms with E-state index >= 15 is 0 Å². The topological polar surface area (TPSA) is 66.4 Å². The number of rotatable bonds is 3. The Hall–Kier alpha value is -1.80. The van der Waals surface area contributed by atoms with Crippen LogP contribution in [0.3, 0.4) is 0 Å². The quantitative estimate of drug-likeness (QED) is 0.874. The molecule has 20 heavy (non-hydrogen) atoms. The Kier molecular flexibility index (Phi) is 4.15. The van der Waals surface area contributed by atoms with Crippen molar-refractivity contribution in [2.24, 2.45) is 0 Å². The number of benzene rings is 1. The highest BCUT2D eigenvalue weighted by Crippen LogP contribution is 2.25. The Morgan fingerprint density at radius 1 is 1.25 bits per heavy atom. The Morgan fingerprint density at radius 2 is 1.95 bits per heavy atom. The minimum atomic E-state index is -1.55. The van der Waals surface area contributed by atoms with E-state index in [9.17, 15) is 18.4 Å². The number of carboxylic acids is 1. The zero-order valence-electron chi connectivity index (χ0n) is 9.62. The summed E-state index contributed by atoms with van der Waals surface area (Å²) >= 11 is 4.27. The maximum atomic E-state index is 13.5. The summed E-state index contributed by atoms with van der Waals surface area (Å²) in [4.78, 5) is 22.9. The highest BCUT2D eigenvalue weighted by Gasteiger charge is 2.18. The van der Waals surface area contributed by atoms with Gasteiger partial charge in [-0.3, -0.25) is 4.79 Å². The molecule has 0 aliphatic heterocycles. The van der Waals surface area contributed by atoms with Gasteiger partial charge in [-0.1, -0.05) is 0 Å². The van der Waals surface area contributed by atoms with E-state index < -0.39 is 34.8 Å². The van der Waals surface area contributed by atoms with Crippen LogP contribution in [-0.4, -0.2) is 17.0 Å². The highest BCUT2D eigenvalue weighted by molar-refractivity contribution is 9.10. The number of hydrogen-bond donors (Lipinski definition) is 2. The predicted molar refractivity (Wildman–Crippen MR) is 73.3 cm³/mol. The summed E-state index contributed by atoms with van der Waals surface area (Å²) in [6, 6.07) is 2.80. The number of carbonyl (C=O) groups excluding carboxylic acids is 1. The van der Waals surface area contributed by atoms with E-state index in [1.54, 1.807) is 11.4 Å². The third-order valence-electron chi connectivity index (χ3n) is 2.36. The molecule has 4 nitrogen and oxygen atoms in total. The lowest BCUT2D eigenvalue weighted by molar-refractivity contribution is 0.0691. The van der Waals surface area contributed by atoms with Gasteiger partial charge in [-0.25, -0.2) is 13.6 Å². The molecule has 0 saturated carbocycles. The average Bonchev–Trinajstić information content (AvgIpc) is 2.78. The van der Waals surface area contributed by atoms with E-state index in [1.807, 2.05) is 0 Å². The minimum absolute atomic E-state index is 0.297. The number of halogens is 3. The van der Waals surface area contributed by atoms with Crippen LogP contribution in [0.25, 0.3) is 0 Å². The molecule has 0 radical (unpaired) electrons. The molecular formula is C12H6BrF2NO3S. The molecule has 2 rings (SSSR count). The van der Waals surface area contributed by atoms with Crippen LogP contribution in [0, 0.1) is 11.6 Å². The molecule has 0 aliphatic carbocycles. The van der Waals surface area contributed by atoms with Crippen molar-refractivity contribution in [3.63, 3.8) is 0 Å². The second-order valence-electron chi connectivity index (χ2n) is 3.67. The van der Waals surface area contributed by atoms with Crippen molar-refractivity contribution in [3.05, 3.63) is 50.1 Å². The second kappa shape index (κ2) is 5.68. The molecule has 1 aromatic carbocycles. The summed E-state index contributed by atoms with van der Waals surface area (Å²) in [5.74, 6) is -4.41. The first-order valence-electron chi connectivity index (χ1n) is 5.17. The van der Waals surface area contributed by atoms with Crippen molar-refractivity contribution < 1.29 is 23.5 Å². The first-order chi connectivity index (χ1) is 9.40. The SMILES string of the molecule is O=C(O)c1cc(NC(=O)c2sccc2Br)c(F)cc1F. The smallest absolute Gasteiger partial charge is 0.338 e. The molecule has 104 valence electrons. The number of carbonyl (C=O) groups is 2. The van der Waals surface area contributed by atoms with Crippen molar-refractivity contribution in [3.8, 4) is 0 Å². The zero-order valence-corrected chi connectivity index (χ0v) is 12.0. The number of hydrogen-bond acceptors (Lipinski definition) is 3. The Bertz CT molecular complexity index is 702. The van der Waals surface area contributed by atoms with Gasteiger partial charge < -0.3 is 10.4 Å². The van der Waals surface area contributed by atoms with E-state index in [2.05, 4.69) is 21.2 Å². The van der Waals surface area contributed by atoms with Crippen molar-refractivity contribution in [1.82, 2.24) is 0 Å². The lowest BCUT2D eigenvalue weighted by atomic mass is 10.1. The van der Waals surface area contributed by atoms with E-state index in [-0.39, 0.29) is 0 Å². The van der Waals surface area contributed by atoms with Crippen LogP contribution in [0.5, 0.6) is 0 Å². The van der Waals surface area contributed by atoms with Gasteiger partial charge in [0.25, 0.3) is 5.91 Å². The monoisotopic (exact) mass is 361 g/mol. The number of anilines is 1. The van der Waals surface area contributed by atoms with E-state index in [0.717, 1.165) is 17.4 Å². The molecule has 1 aromatic heterocycles. The van der Waals surface area contributed by atoms with Crippen molar-refractivity contribution in [2.45, 2.75) is 0 Å². The van der Waals surface area contributed by atoms with Gasteiger partial charge >= 0.3 is 5.97 Å². The van der Waals surface area contributed by atoms with Crippen LogP contribution in [-0.2, 0) is 0 Å².